The normalized spacial score (nSPS) is 14.2. The van der Waals surface area contributed by atoms with Gasteiger partial charge in [0, 0.05) is 24.2 Å². The summed E-state index contributed by atoms with van der Waals surface area (Å²) in [6.45, 7) is 2.34. The fourth-order valence-electron chi connectivity index (χ4n) is 1.99. The standard InChI is InChI=1S/C14H20N2O3/c1-2-3-4-10(15)7-14(17)16-11-5-6-12-13(8-11)19-9-18-12/h5-6,8,10H,2-4,7,9,15H2,1H3,(H,16,17)/t10-/m0/s1. The number of benzene rings is 1. The number of nitrogens with two attached hydrogens (primary N) is 1. The average molecular weight is 264 g/mol. The molecule has 0 saturated heterocycles. The Morgan fingerprint density at radius 3 is 3.00 bits per heavy atom. The lowest BCUT2D eigenvalue weighted by molar-refractivity contribution is -0.116. The number of carbonyl (C=O) groups excluding carboxylic acids is 1. The van der Waals surface area contributed by atoms with Gasteiger partial charge in [0.05, 0.1) is 0 Å². The molecule has 0 radical (unpaired) electrons. The van der Waals surface area contributed by atoms with Crippen molar-refractivity contribution in [3.8, 4) is 11.5 Å². The first kappa shape index (κ1) is 13.7. The minimum absolute atomic E-state index is 0.0672. The summed E-state index contributed by atoms with van der Waals surface area (Å²) in [5, 5.41) is 2.82. The van der Waals surface area contributed by atoms with E-state index in [0.29, 0.717) is 23.6 Å². The molecule has 0 spiro atoms. The van der Waals surface area contributed by atoms with Gasteiger partial charge < -0.3 is 20.5 Å². The Kier molecular flexibility index (Phi) is 4.63. The number of rotatable bonds is 6. The van der Waals surface area contributed by atoms with Crippen LogP contribution in [-0.2, 0) is 4.79 Å². The van der Waals surface area contributed by atoms with Crippen LogP contribution in [0.1, 0.15) is 32.6 Å². The SMILES string of the molecule is CCCC[C@H](N)CC(=O)Nc1ccc2c(c1)OCO2. The molecule has 1 aliphatic heterocycles. The molecule has 5 nitrogen and oxygen atoms in total. The smallest absolute Gasteiger partial charge is 0.231 e. The van der Waals surface area contributed by atoms with Gasteiger partial charge in [-0.3, -0.25) is 4.79 Å². The summed E-state index contributed by atoms with van der Waals surface area (Å²) in [5.41, 5.74) is 6.60. The molecular weight excluding hydrogens is 244 g/mol. The number of fused-ring (bicyclic) bond motifs is 1. The second-order valence-electron chi connectivity index (χ2n) is 4.72. The van der Waals surface area contributed by atoms with Gasteiger partial charge in [-0.15, -0.1) is 0 Å². The van der Waals surface area contributed by atoms with Gasteiger partial charge in [-0.1, -0.05) is 19.8 Å². The second kappa shape index (κ2) is 6.43. The molecule has 1 atom stereocenters. The predicted octanol–water partition coefficient (Wildman–Crippen LogP) is 2.26. The molecule has 1 amide bonds. The molecule has 1 aromatic carbocycles. The Labute approximate surface area is 113 Å². The van der Waals surface area contributed by atoms with Gasteiger partial charge in [-0.2, -0.15) is 0 Å². The van der Waals surface area contributed by atoms with E-state index in [9.17, 15) is 4.79 Å². The van der Waals surface area contributed by atoms with E-state index in [-0.39, 0.29) is 18.7 Å². The zero-order chi connectivity index (χ0) is 13.7. The van der Waals surface area contributed by atoms with E-state index >= 15 is 0 Å². The van der Waals surface area contributed by atoms with Crippen molar-refractivity contribution in [2.45, 2.75) is 38.6 Å². The maximum absolute atomic E-state index is 11.8. The third-order valence-electron chi connectivity index (χ3n) is 3.03. The predicted molar refractivity (Wildman–Crippen MR) is 73.3 cm³/mol. The molecule has 1 heterocycles. The number of hydrogen-bond donors (Lipinski definition) is 2. The molecule has 0 saturated carbocycles. The largest absolute Gasteiger partial charge is 0.454 e. The van der Waals surface area contributed by atoms with Crippen LogP contribution in [0.5, 0.6) is 11.5 Å². The molecule has 19 heavy (non-hydrogen) atoms. The van der Waals surface area contributed by atoms with Crippen molar-refractivity contribution < 1.29 is 14.3 Å². The highest BCUT2D eigenvalue weighted by molar-refractivity contribution is 5.91. The van der Waals surface area contributed by atoms with E-state index in [4.69, 9.17) is 15.2 Å². The number of unbranched alkanes of at least 4 members (excludes halogenated alkanes) is 1. The molecule has 2 rings (SSSR count). The maximum Gasteiger partial charge on any atom is 0.231 e. The quantitative estimate of drug-likeness (QED) is 0.826. The van der Waals surface area contributed by atoms with E-state index in [1.165, 1.54) is 0 Å². The Hall–Kier alpha value is -1.75. The van der Waals surface area contributed by atoms with Crippen molar-refractivity contribution in [2.75, 3.05) is 12.1 Å². The van der Waals surface area contributed by atoms with Crippen LogP contribution < -0.4 is 20.5 Å². The van der Waals surface area contributed by atoms with Gasteiger partial charge in [-0.25, -0.2) is 0 Å². The number of hydrogen-bond acceptors (Lipinski definition) is 4. The highest BCUT2D eigenvalue weighted by Crippen LogP contribution is 2.34. The highest BCUT2D eigenvalue weighted by Gasteiger charge is 2.15. The van der Waals surface area contributed by atoms with Crippen molar-refractivity contribution >= 4 is 11.6 Å². The van der Waals surface area contributed by atoms with E-state index in [0.717, 1.165) is 19.3 Å². The molecule has 0 fully saturated rings. The van der Waals surface area contributed by atoms with Gasteiger partial charge in [0.1, 0.15) is 0 Å². The van der Waals surface area contributed by atoms with E-state index in [1.54, 1.807) is 18.2 Å². The summed E-state index contributed by atoms with van der Waals surface area (Å²) < 4.78 is 10.5. The summed E-state index contributed by atoms with van der Waals surface area (Å²) in [5.74, 6) is 1.30. The first-order valence-electron chi connectivity index (χ1n) is 6.64. The summed E-state index contributed by atoms with van der Waals surface area (Å²) in [6.07, 6.45) is 3.37. The lowest BCUT2D eigenvalue weighted by Gasteiger charge is -2.11. The molecule has 0 bridgehead atoms. The van der Waals surface area contributed by atoms with Gasteiger partial charge in [0.15, 0.2) is 11.5 Å². The molecule has 1 aliphatic rings. The van der Waals surface area contributed by atoms with Crippen LogP contribution in [-0.4, -0.2) is 18.7 Å². The van der Waals surface area contributed by atoms with E-state index in [2.05, 4.69) is 12.2 Å². The van der Waals surface area contributed by atoms with Crippen LogP contribution in [0.4, 0.5) is 5.69 Å². The highest BCUT2D eigenvalue weighted by atomic mass is 16.7. The molecular formula is C14H20N2O3. The maximum atomic E-state index is 11.8. The molecule has 0 aromatic heterocycles. The van der Waals surface area contributed by atoms with Crippen molar-refractivity contribution in [3.05, 3.63) is 18.2 Å². The fraction of sp³-hybridized carbons (Fsp3) is 0.500. The van der Waals surface area contributed by atoms with Crippen molar-refractivity contribution in [1.29, 1.82) is 0 Å². The van der Waals surface area contributed by atoms with Gasteiger partial charge in [0.25, 0.3) is 0 Å². The zero-order valence-corrected chi connectivity index (χ0v) is 11.1. The molecule has 1 aromatic rings. The lowest BCUT2D eigenvalue weighted by atomic mass is 10.1. The molecule has 5 heteroatoms. The van der Waals surface area contributed by atoms with E-state index in [1.807, 2.05) is 0 Å². The average Bonchev–Trinajstić information content (AvgIpc) is 2.83. The van der Waals surface area contributed by atoms with Crippen LogP contribution in [0.2, 0.25) is 0 Å². The number of nitrogens with one attached hydrogen (secondary N) is 1. The van der Waals surface area contributed by atoms with E-state index < -0.39 is 0 Å². The first-order chi connectivity index (χ1) is 9.19. The van der Waals surface area contributed by atoms with Crippen LogP contribution in [0.3, 0.4) is 0 Å². The summed E-state index contributed by atoms with van der Waals surface area (Å²) in [4.78, 5) is 11.8. The number of amides is 1. The third kappa shape index (κ3) is 3.86. The summed E-state index contributed by atoms with van der Waals surface area (Å²) >= 11 is 0. The fourth-order valence-corrected chi connectivity index (χ4v) is 1.99. The van der Waals surface area contributed by atoms with Crippen molar-refractivity contribution in [2.24, 2.45) is 5.73 Å². The number of carbonyl (C=O) groups is 1. The third-order valence-corrected chi connectivity index (χ3v) is 3.03. The van der Waals surface area contributed by atoms with Gasteiger partial charge in [-0.05, 0) is 18.6 Å². The van der Waals surface area contributed by atoms with Crippen LogP contribution in [0.25, 0.3) is 0 Å². The minimum Gasteiger partial charge on any atom is -0.454 e. The minimum atomic E-state index is -0.0750. The monoisotopic (exact) mass is 264 g/mol. The van der Waals surface area contributed by atoms with Gasteiger partial charge >= 0.3 is 0 Å². The molecule has 0 unspecified atom stereocenters. The van der Waals surface area contributed by atoms with Crippen LogP contribution >= 0.6 is 0 Å². The van der Waals surface area contributed by atoms with Crippen LogP contribution in [0, 0.1) is 0 Å². The van der Waals surface area contributed by atoms with Gasteiger partial charge in [0.2, 0.25) is 12.7 Å². The number of anilines is 1. The molecule has 104 valence electrons. The topological polar surface area (TPSA) is 73.6 Å². The number of ether oxygens (including phenoxy) is 2. The zero-order valence-electron chi connectivity index (χ0n) is 11.1. The lowest BCUT2D eigenvalue weighted by Crippen LogP contribution is -2.27. The Morgan fingerprint density at radius 2 is 2.21 bits per heavy atom. The Balaban J connectivity index is 1.85. The Bertz CT molecular complexity index is 448. The van der Waals surface area contributed by atoms with Crippen LogP contribution in [0.15, 0.2) is 18.2 Å². The second-order valence-corrected chi connectivity index (χ2v) is 4.72. The summed E-state index contributed by atoms with van der Waals surface area (Å²) in [6, 6.07) is 5.27. The Morgan fingerprint density at radius 1 is 1.42 bits per heavy atom. The van der Waals surface area contributed by atoms with Crippen molar-refractivity contribution in [1.82, 2.24) is 0 Å². The summed E-state index contributed by atoms with van der Waals surface area (Å²) in [7, 11) is 0. The molecule has 0 aliphatic carbocycles. The van der Waals surface area contributed by atoms with Crippen molar-refractivity contribution in [3.63, 3.8) is 0 Å². The molecule has 3 N–H and O–H groups in total. The first-order valence-corrected chi connectivity index (χ1v) is 6.64.